The number of carbonyl (C=O) groups excluding carboxylic acids is 2. The summed E-state index contributed by atoms with van der Waals surface area (Å²) in [5.41, 5.74) is 1.28. The molecule has 2 rings (SSSR count). The van der Waals surface area contributed by atoms with Crippen molar-refractivity contribution in [3.05, 3.63) is 53.6 Å². The second kappa shape index (κ2) is 10.7. The third-order valence-corrected chi connectivity index (χ3v) is 5.84. The fraction of sp³-hybridized carbons (Fsp3) is 0.333. The minimum absolute atomic E-state index is 0.00242. The molecule has 0 fully saturated rings. The van der Waals surface area contributed by atoms with Gasteiger partial charge in [-0.2, -0.15) is 0 Å². The van der Waals surface area contributed by atoms with E-state index in [9.17, 15) is 18.0 Å². The predicted octanol–water partition coefficient (Wildman–Crippen LogP) is 1.93. The predicted molar refractivity (Wildman–Crippen MR) is 113 cm³/mol. The van der Waals surface area contributed by atoms with Gasteiger partial charge in [0.1, 0.15) is 0 Å². The first-order valence-corrected chi connectivity index (χ1v) is 10.8. The number of methoxy groups -OCH3 is 2. The molecule has 0 saturated carbocycles. The van der Waals surface area contributed by atoms with Crippen molar-refractivity contribution in [2.45, 2.75) is 24.7 Å². The summed E-state index contributed by atoms with van der Waals surface area (Å²) in [5.74, 6) is 0.757. The van der Waals surface area contributed by atoms with E-state index in [1.807, 2.05) is 12.1 Å². The SMILES string of the molecule is COc1ccc(CCNC(=O)CCNS(=O)(=O)c2cccc(C(C)=O)c2)cc1OC. The zero-order valence-corrected chi connectivity index (χ0v) is 18.0. The van der Waals surface area contributed by atoms with Crippen molar-refractivity contribution in [1.82, 2.24) is 10.0 Å². The van der Waals surface area contributed by atoms with Gasteiger partial charge in [0.25, 0.3) is 0 Å². The summed E-state index contributed by atoms with van der Waals surface area (Å²) in [4.78, 5) is 23.4. The van der Waals surface area contributed by atoms with E-state index in [1.54, 1.807) is 26.4 Å². The highest BCUT2D eigenvalue weighted by molar-refractivity contribution is 7.89. The molecule has 2 aromatic rings. The van der Waals surface area contributed by atoms with Crippen LogP contribution in [0, 0.1) is 0 Å². The molecule has 30 heavy (non-hydrogen) atoms. The van der Waals surface area contributed by atoms with Crippen molar-refractivity contribution in [1.29, 1.82) is 0 Å². The molecule has 8 nitrogen and oxygen atoms in total. The number of rotatable bonds is 11. The molecular weight excluding hydrogens is 408 g/mol. The molecule has 0 spiro atoms. The van der Waals surface area contributed by atoms with Crippen LogP contribution in [-0.4, -0.2) is 47.4 Å². The zero-order chi connectivity index (χ0) is 22.1. The van der Waals surface area contributed by atoms with E-state index in [2.05, 4.69) is 10.0 Å². The molecular formula is C21H26N2O6S. The van der Waals surface area contributed by atoms with Crippen LogP contribution in [-0.2, 0) is 21.2 Å². The summed E-state index contributed by atoms with van der Waals surface area (Å²) < 4.78 is 37.5. The number of ether oxygens (including phenoxy) is 2. The second-order valence-corrected chi connectivity index (χ2v) is 8.29. The summed E-state index contributed by atoms with van der Waals surface area (Å²) >= 11 is 0. The monoisotopic (exact) mass is 434 g/mol. The Hall–Kier alpha value is -2.91. The van der Waals surface area contributed by atoms with Gasteiger partial charge in [0.2, 0.25) is 15.9 Å². The average molecular weight is 435 g/mol. The van der Waals surface area contributed by atoms with Crippen LogP contribution in [0.3, 0.4) is 0 Å². The van der Waals surface area contributed by atoms with Gasteiger partial charge in [0.05, 0.1) is 19.1 Å². The third kappa shape index (κ3) is 6.57. The van der Waals surface area contributed by atoms with E-state index in [1.165, 1.54) is 25.1 Å². The molecule has 0 radical (unpaired) electrons. The van der Waals surface area contributed by atoms with Gasteiger partial charge in [-0.25, -0.2) is 13.1 Å². The molecule has 0 unspecified atom stereocenters. The number of Topliss-reactive ketones (excluding diaryl/α,β-unsaturated/α-hetero) is 1. The molecule has 162 valence electrons. The van der Waals surface area contributed by atoms with Crippen LogP contribution < -0.4 is 19.5 Å². The number of carbonyl (C=O) groups is 2. The first-order valence-electron chi connectivity index (χ1n) is 9.35. The van der Waals surface area contributed by atoms with Gasteiger partial charge in [0.15, 0.2) is 17.3 Å². The largest absolute Gasteiger partial charge is 0.493 e. The van der Waals surface area contributed by atoms with Crippen LogP contribution in [0.5, 0.6) is 11.5 Å². The third-order valence-electron chi connectivity index (χ3n) is 4.38. The van der Waals surface area contributed by atoms with Crippen LogP contribution in [0.25, 0.3) is 0 Å². The maximum Gasteiger partial charge on any atom is 0.240 e. The number of ketones is 1. The first kappa shape index (κ1) is 23.4. The number of hydrogen-bond acceptors (Lipinski definition) is 6. The summed E-state index contributed by atoms with van der Waals surface area (Å²) in [7, 11) is -0.680. The molecule has 0 bridgehead atoms. The second-order valence-electron chi connectivity index (χ2n) is 6.52. The van der Waals surface area contributed by atoms with Crippen LogP contribution >= 0.6 is 0 Å². The van der Waals surface area contributed by atoms with Crippen molar-refractivity contribution in [3.63, 3.8) is 0 Å². The van der Waals surface area contributed by atoms with Gasteiger partial charge in [0, 0.05) is 25.1 Å². The molecule has 0 saturated heterocycles. The maximum atomic E-state index is 12.3. The fourth-order valence-electron chi connectivity index (χ4n) is 2.74. The Labute approximate surface area is 176 Å². The smallest absolute Gasteiger partial charge is 0.240 e. The highest BCUT2D eigenvalue weighted by Gasteiger charge is 2.15. The van der Waals surface area contributed by atoms with Crippen molar-refractivity contribution in [2.75, 3.05) is 27.3 Å². The van der Waals surface area contributed by atoms with E-state index in [0.717, 1.165) is 5.56 Å². The Morgan fingerprint density at radius 1 is 0.967 bits per heavy atom. The lowest BCUT2D eigenvalue weighted by Crippen LogP contribution is -2.31. The Balaban J connectivity index is 1.79. The Bertz CT molecular complexity index is 1000. The van der Waals surface area contributed by atoms with Gasteiger partial charge in [-0.1, -0.05) is 18.2 Å². The van der Waals surface area contributed by atoms with Gasteiger partial charge in [-0.05, 0) is 43.2 Å². The average Bonchev–Trinajstić information content (AvgIpc) is 2.73. The summed E-state index contributed by atoms with van der Waals surface area (Å²) in [6.07, 6.45) is 0.590. The summed E-state index contributed by atoms with van der Waals surface area (Å²) in [6, 6.07) is 11.3. The standard InChI is InChI=1S/C21H26N2O6S/c1-15(24)17-5-4-6-18(14-17)30(26,27)23-12-10-21(25)22-11-9-16-7-8-19(28-2)20(13-16)29-3/h4-8,13-14,23H,9-12H2,1-3H3,(H,22,25). The number of nitrogens with one attached hydrogen (secondary N) is 2. The molecule has 2 aromatic carbocycles. The minimum atomic E-state index is -3.80. The molecule has 0 aromatic heterocycles. The van der Waals surface area contributed by atoms with Crippen molar-refractivity contribution >= 4 is 21.7 Å². The van der Waals surface area contributed by atoms with Gasteiger partial charge in [-0.3, -0.25) is 9.59 Å². The molecule has 0 aliphatic heterocycles. The van der Waals surface area contributed by atoms with Crippen LogP contribution in [0.2, 0.25) is 0 Å². The van der Waals surface area contributed by atoms with E-state index < -0.39 is 10.0 Å². The molecule has 9 heteroatoms. The van der Waals surface area contributed by atoms with Crippen LogP contribution in [0.1, 0.15) is 29.3 Å². The van der Waals surface area contributed by atoms with Gasteiger partial charge in [-0.15, -0.1) is 0 Å². The fourth-order valence-corrected chi connectivity index (χ4v) is 3.81. The topological polar surface area (TPSA) is 111 Å². The van der Waals surface area contributed by atoms with E-state index >= 15 is 0 Å². The lowest BCUT2D eigenvalue weighted by molar-refractivity contribution is -0.120. The van der Waals surface area contributed by atoms with Gasteiger partial charge < -0.3 is 14.8 Å². The Morgan fingerprint density at radius 2 is 1.70 bits per heavy atom. The van der Waals surface area contributed by atoms with E-state index in [-0.39, 0.29) is 29.6 Å². The lowest BCUT2D eigenvalue weighted by atomic mass is 10.1. The molecule has 0 aliphatic rings. The van der Waals surface area contributed by atoms with Crippen molar-refractivity contribution in [3.8, 4) is 11.5 Å². The highest BCUT2D eigenvalue weighted by Crippen LogP contribution is 2.27. The number of benzene rings is 2. The maximum absolute atomic E-state index is 12.3. The Kier molecular flexibility index (Phi) is 8.37. The first-order chi connectivity index (χ1) is 14.3. The number of sulfonamides is 1. The van der Waals surface area contributed by atoms with Crippen molar-refractivity contribution in [2.24, 2.45) is 0 Å². The molecule has 0 aliphatic carbocycles. The highest BCUT2D eigenvalue weighted by atomic mass is 32.2. The Morgan fingerprint density at radius 3 is 2.37 bits per heavy atom. The zero-order valence-electron chi connectivity index (χ0n) is 17.2. The molecule has 1 amide bonds. The van der Waals surface area contributed by atoms with Crippen molar-refractivity contribution < 1.29 is 27.5 Å². The van der Waals surface area contributed by atoms with Crippen LogP contribution in [0.15, 0.2) is 47.4 Å². The minimum Gasteiger partial charge on any atom is -0.493 e. The van der Waals surface area contributed by atoms with Crippen LogP contribution in [0.4, 0.5) is 0 Å². The van der Waals surface area contributed by atoms with E-state index in [0.29, 0.717) is 30.0 Å². The number of hydrogen-bond donors (Lipinski definition) is 2. The normalized spacial score (nSPS) is 11.0. The quantitative estimate of drug-likeness (QED) is 0.523. The van der Waals surface area contributed by atoms with E-state index in [4.69, 9.17) is 9.47 Å². The summed E-state index contributed by atoms with van der Waals surface area (Å²) in [6.45, 7) is 1.72. The lowest BCUT2D eigenvalue weighted by Gasteiger charge is -2.10. The van der Waals surface area contributed by atoms with Gasteiger partial charge >= 0.3 is 0 Å². The molecule has 2 N–H and O–H groups in total. The molecule has 0 heterocycles. The molecule has 0 atom stereocenters. The summed E-state index contributed by atoms with van der Waals surface area (Å²) in [5, 5.41) is 2.76. The number of amides is 1.